The van der Waals surface area contributed by atoms with Crippen molar-refractivity contribution < 1.29 is 9.66 Å². The van der Waals surface area contributed by atoms with Crippen molar-refractivity contribution in [1.82, 2.24) is 15.0 Å². The molecule has 0 aliphatic heterocycles. The number of hydrogen-bond donors (Lipinski definition) is 1. The third-order valence-electron chi connectivity index (χ3n) is 3.83. The molecule has 0 radical (unpaired) electrons. The van der Waals surface area contributed by atoms with Crippen molar-refractivity contribution in [3.8, 4) is 11.6 Å². The highest BCUT2D eigenvalue weighted by molar-refractivity contribution is 5.67. The number of nitrogens with zero attached hydrogens (tertiary/aromatic N) is 4. The normalized spacial score (nSPS) is 10.4. The monoisotopic (exact) mass is 351 g/mol. The van der Waals surface area contributed by atoms with Crippen molar-refractivity contribution >= 4 is 17.3 Å². The van der Waals surface area contributed by atoms with Crippen LogP contribution >= 0.6 is 0 Å². The third-order valence-corrected chi connectivity index (χ3v) is 3.83. The second kappa shape index (κ2) is 7.14. The first-order valence-corrected chi connectivity index (χ1v) is 7.88. The van der Waals surface area contributed by atoms with Crippen LogP contribution in [0.4, 0.5) is 17.3 Å². The zero-order valence-corrected chi connectivity index (χ0v) is 14.6. The maximum absolute atomic E-state index is 11.6. The van der Waals surface area contributed by atoms with Gasteiger partial charge >= 0.3 is 11.6 Å². The van der Waals surface area contributed by atoms with E-state index in [0.29, 0.717) is 11.6 Å². The van der Waals surface area contributed by atoms with Crippen molar-refractivity contribution in [3.05, 3.63) is 69.7 Å². The summed E-state index contributed by atoms with van der Waals surface area (Å²) in [5.41, 5.74) is 2.73. The number of ether oxygens (including phenoxy) is 1. The summed E-state index contributed by atoms with van der Waals surface area (Å²) in [5.74, 6) is 0.795. The Kier molecular flexibility index (Phi) is 4.74. The molecule has 2 heterocycles. The fraction of sp³-hybridized carbons (Fsp3) is 0.167. The lowest BCUT2D eigenvalue weighted by molar-refractivity contribution is -0.385. The molecule has 0 fully saturated rings. The van der Waals surface area contributed by atoms with E-state index in [2.05, 4.69) is 20.3 Å². The van der Waals surface area contributed by atoms with Gasteiger partial charge in [-0.1, -0.05) is 6.07 Å². The second-order valence-electron chi connectivity index (χ2n) is 5.82. The Balaban J connectivity index is 1.98. The van der Waals surface area contributed by atoms with Crippen LogP contribution in [0.25, 0.3) is 0 Å². The van der Waals surface area contributed by atoms with Gasteiger partial charge in [-0.2, -0.15) is 4.98 Å². The van der Waals surface area contributed by atoms with Gasteiger partial charge < -0.3 is 10.1 Å². The summed E-state index contributed by atoms with van der Waals surface area (Å²) < 4.78 is 5.66. The van der Waals surface area contributed by atoms with E-state index in [9.17, 15) is 10.1 Å². The fourth-order valence-electron chi connectivity index (χ4n) is 2.31. The van der Waals surface area contributed by atoms with E-state index in [4.69, 9.17) is 4.74 Å². The molecule has 0 amide bonds. The van der Waals surface area contributed by atoms with Gasteiger partial charge in [-0.05, 0) is 61.7 Å². The van der Waals surface area contributed by atoms with E-state index < -0.39 is 4.92 Å². The molecule has 2 aromatic heterocycles. The Labute approximate surface area is 150 Å². The van der Waals surface area contributed by atoms with E-state index in [-0.39, 0.29) is 17.4 Å². The highest BCUT2D eigenvalue weighted by atomic mass is 16.6. The van der Waals surface area contributed by atoms with Crippen molar-refractivity contribution in [3.63, 3.8) is 0 Å². The van der Waals surface area contributed by atoms with Gasteiger partial charge in [-0.15, -0.1) is 0 Å². The Morgan fingerprint density at radius 1 is 1.04 bits per heavy atom. The summed E-state index contributed by atoms with van der Waals surface area (Å²) in [6.45, 7) is 5.81. The van der Waals surface area contributed by atoms with Gasteiger partial charge in [0.1, 0.15) is 17.9 Å². The highest BCUT2D eigenvalue weighted by Crippen LogP contribution is 2.35. The van der Waals surface area contributed by atoms with E-state index in [1.807, 2.05) is 32.9 Å². The zero-order valence-electron chi connectivity index (χ0n) is 14.6. The molecule has 8 heteroatoms. The lowest BCUT2D eigenvalue weighted by Crippen LogP contribution is -2.04. The average molecular weight is 351 g/mol. The summed E-state index contributed by atoms with van der Waals surface area (Å²) in [4.78, 5) is 23.1. The molecule has 0 spiro atoms. The predicted octanol–water partition coefficient (Wildman–Crippen LogP) is 4.24. The smallest absolute Gasteiger partial charge is 0.373 e. The molecule has 0 aliphatic rings. The molecule has 0 atom stereocenters. The maximum Gasteiger partial charge on any atom is 0.373 e. The molecule has 0 saturated heterocycles. The Morgan fingerprint density at radius 2 is 1.85 bits per heavy atom. The van der Waals surface area contributed by atoms with Crippen LogP contribution in [0.3, 0.4) is 0 Å². The van der Waals surface area contributed by atoms with Gasteiger partial charge in [0.15, 0.2) is 0 Å². The minimum Gasteiger partial charge on any atom is -0.434 e. The van der Waals surface area contributed by atoms with Gasteiger partial charge in [-0.25, -0.2) is 9.97 Å². The predicted molar refractivity (Wildman–Crippen MR) is 96.9 cm³/mol. The molecule has 0 saturated carbocycles. The molecular formula is C18H17N5O3. The summed E-state index contributed by atoms with van der Waals surface area (Å²) in [7, 11) is 0. The Bertz CT molecular complexity index is 975. The number of aromatic nitrogens is 3. The summed E-state index contributed by atoms with van der Waals surface area (Å²) in [5, 5.41) is 14.5. The fourth-order valence-corrected chi connectivity index (χ4v) is 2.31. The van der Waals surface area contributed by atoms with Crippen LogP contribution < -0.4 is 10.1 Å². The quantitative estimate of drug-likeness (QED) is 0.541. The number of rotatable bonds is 5. The van der Waals surface area contributed by atoms with Gasteiger partial charge in [-0.3, -0.25) is 10.1 Å². The Morgan fingerprint density at radius 3 is 2.54 bits per heavy atom. The number of anilines is 2. The second-order valence-corrected chi connectivity index (χ2v) is 5.82. The average Bonchev–Trinajstić information content (AvgIpc) is 2.58. The van der Waals surface area contributed by atoms with Gasteiger partial charge in [0.25, 0.3) is 0 Å². The van der Waals surface area contributed by atoms with Crippen molar-refractivity contribution in [2.75, 3.05) is 5.32 Å². The molecule has 1 N–H and O–H groups in total. The molecule has 0 aliphatic carbocycles. The molecule has 8 nitrogen and oxygen atoms in total. The molecule has 26 heavy (non-hydrogen) atoms. The zero-order chi connectivity index (χ0) is 18.7. The number of nitrogens with one attached hydrogen (secondary N) is 1. The first-order chi connectivity index (χ1) is 12.4. The van der Waals surface area contributed by atoms with Crippen LogP contribution in [-0.4, -0.2) is 19.9 Å². The largest absolute Gasteiger partial charge is 0.434 e. The number of pyridine rings is 1. The lowest BCUT2D eigenvalue weighted by Gasteiger charge is -2.10. The van der Waals surface area contributed by atoms with Gasteiger partial charge in [0, 0.05) is 6.20 Å². The molecule has 3 rings (SSSR count). The molecule has 132 valence electrons. The number of benzene rings is 1. The first kappa shape index (κ1) is 17.3. The number of aryl methyl sites for hydroxylation is 3. The summed E-state index contributed by atoms with van der Waals surface area (Å²) in [6, 6.07) is 9.01. The van der Waals surface area contributed by atoms with Crippen LogP contribution in [0.1, 0.15) is 16.7 Å². The maximum atomic E-state index is 11.6. The minimum atomic E-state index is -0.575. The first-order valence-electron chi connectivity index (χ1n) is 7.88. The Hall–Kier alpha value is -3.55. The van der Waals surface area contributed by atoms with Crippen molar-refractivity contribution in [2.24, 2.45) is 0 Å². The van der Waals surface area contributed by atoms with Gasteiger partial charge in [0.05, 0.1) is 4.92 Å². The molecule has 3 aromatic rings. The van der Waals surface area contributed by atoms with Crippen LogP contribution in [0.2, 0.25) is 0 Å². The molecule has 1 aromatic carbocycles. The van der Waals surface area contributed by atoms with E-state index in [1.54, 1.807) is 24.4 Å². The number of nitro groups is 1. The summed E-state index contributed by atoms with van der Waals surface area (Å²) >= 11 is 0. The van der Waals surface area contributed by atoms with E-state index in [1.165, 1.54) is 6.33 Å². The molecule has 0 unspecified atom stereocenters. The van der Waals surface area contributed by atoms with E-state index >= 15 is 0 Å². The standard InChI is InChI=1S/C18H17N5O3/c1-11-6-7-19-15(8-11)22-17-16(23(24)25)18(21-10-20-17)26-14-5-4-12(2)13(3)9-14/h4-10H,1-3H3,(H,19,20,21,22). The van der Waals surface area contributed by atoms with Crippen LogP contribution in [-0.2, 0) is 0 Å². The topological polar surface area (TPSA) is 103 Å². The minimum absolute atomic E-state index is 0.0157. The number of hydrogen-bond acceptors (Lipinski definition) is 7. The van der Waals surface area contributed by atoms with Crippen molar-refractivity contribution in [1.29, 1.82) is 0 Å². The van der Waals surface area contributed by atoms with Crippen LogP contribution in [0.5, 0.6) is 11.6 Å². The molecule has 0 bridgehead atoms. The summed E-state index contributed by atoms with van der Waals surface area (Å²) in [6.07, 6.45) is 2.82. The molecular weight excluding hydrogens is 334 g/mol. The third kappa shape index (κ3) is 3.75. The SMILES string of the molecule is Cc1ccnc(Nc2ncnc(Oc3ccc(C)c(C)c3)c2[N+](=O)[O-])c1. The van der Waals surface area contributed by atoms with Gasteiger partial charge in [0.2, 0.25) is 5.82 Å². The van der Waals surface area contributed by atoms with Crippen molar-refractivity contribution in [2.45, 2.75) is 20.8 Å². The van der Waals surface area contributed by atoms with Crippen LogP contribution in [0, 0.1) is 30.9 Å². The van der Waals surface area contributed by atoms with E-state index in [0.717, 1.165) is 16.7 Å². The lowest BCUT2D eigenvalue weighted by atomic mass is 10.1. The van der Waals surface area contributed by atoms with Crippen LogP contribution in [0.15, 0.2) is 42.9 Å². The highest BCUT2D eigenvalue weighted by Gasteiger charge is 2.25.